The van der Waals surface area contributed by atoms with Gasteiger partial charge in [0.2, 0.25) is 0 Å². The van der Waals surface area contributed by atoms with E-state index in [4.69, 9.17) is 11.5 Å². The van der Waals surface area contributed by atoms with Crippen LogP contribution in [0.3, 0.4) is 0 Å². The van der Waals surface area contributed by atoms with Crippen LogP contribution in [-0.2, 0) is 0 Å². The first kappa shape index (κ1) is 31.2. The van der Waals surface area contributed by atoms with Gasteiger partial charge in [-0.3, -0.25) is 9.98 Å². The van der Waals surface area contributed by atoms with E-state index in [1.54, 1.807) is 0 Å². The molecular weight excluding hydrogens is 248 g/mol. The number of rotatable bonds is 2. The molecule has 0 saturated carbocycles. The Morgan fingerprint density at radius 1 is 1.15 bits per heavy atom. The minimum atomic E-state index is 0. The Morgan fingerprint density at radius 3 is 1.70 bits per heavy atom. The highest BCUT2D eigenvalue weighted by atomic mass is 15.0. The van der Waals surface area contributed by atoms with Crippen LogP contribution in [0.2, 0.25) is 0 Å². The summed E-state index contributed by atoms with van der Waals surface area (Å²) in [5.41, 5.74) is 11.2. The molecule has 0 fully saturated rings. The van der Waals surface area contributed by atoms with E-state index >= 15 is 0 Å². The summed E-state index contributed by atoms with van der Waals surface area (Å²) >= 11 is 0. The first-order valence-electron chi connectivity index (χ1n) is 7.40. The van der Waals surface area contributed by atoms with Crippen molar-refractivity contribution in [2.45, 2.75) is 75.7 Å². The quantitative estimate of drug-likeness (QED) is 0.568. The normalized spacial score (nSPS) is 9.30. The van der Waals surface area contributed by atoms with E-state index in [0.717, 1.165) is 19.4 Å². The molecule has 0 bridgehead atoms. The molecule has 0 radical (unpaired) electrons. The van der Waals surface area contributed by atoms with Crippen LogP contribution in [0.4, 0.5) is 0 Å². The van der Waals surface area contributed by atoms with Gasteiger partial charge < -0.3 is 11.5 Å². The van der Waals surface area contributed by atoms with Gasteiger partial charge in [0.1, 0.15) is 0 Å². The van der Waals surface area contributed by atoms with Crippen molar-refractivity contribution in [3.63, 3.8) is 0 Å². The Morgan fingerprint density at radius 2 is 1.60 bits per heavy atom. The zero-order chi connectivity index (χ0) is 16.1. The van der Waals surface area contributed by atoms with Gasteiger partial charge in [0.15, 0.2) is 5.96 Å². The molecule has 0 atom stereocenters. The molecule has 0 spiro atoms. The zero-order valence-corrected chi connectivity index (χ0v) is 14.3. The fraction of sp³-hybridized carbons (Fsp3) is 0.750. The van der Waals surface area contributed by atoms with Gasteiger partial charge in [-0.2, -0.15) is 0 Å². The molecule has 0 aromatic carbocycles. The maximum Gasteiger partial charge on any atom is 0.185 e. The number of guanidine groups is 1. The predicted molar refractivity (Wildman–Crippen MR) is 98.6 cm³/mol. The first-order chi connectivity index (χ1) is 9.16. The van der Waals surface area contributed by atoms with E-state index < -0.39 is 0 Å². The third kappa shape index (κ3) is 43.8. The highest BCUT2D eigenvalue weighted by molar-refractivity contribution is 5.85. The lowest BCUT2D eigenvalue weighted by atomic mass is 10.3. The molecule has 1 heterocycles. The number of allylic oxidation sites excluding steroid dienone is 1. The van der Waals surface area contributed by atoms with E-state index in [-0.39, 0.29) is 13.4 Å². The lowest BCUT2D eigenvalue weighted by Crippen LogP contribution is -2.22. The van der Waals surface area contributed by atoms with E-state index in [1.807, 2.05) is 61.6 Å². The second-order valence-electron chi connectivity index (χ2n) is 2.76. The fourth-order valence-corrected chi connectivity index (χ4v) is 0.697. The number of nitrogens with zero attached hydrogens (tertiary/aromatic N) is 2. The second-order valence-corrected chi connectivity index (χ2v) is 2.76. The molecule has 0 aliphatic carbocycles. The minimum absolute atomic E-state index is 0. The van der Waals surface area contributed by atoms with Crippen molar-refractivity contribution in [1.29, 1.82) is 0 Å². The fourth-order valence-electron chi connectivity index (χ4n) is 0.697. The molecule has 0 aromatic rings. The van der Waals surface area contributed by atoms with Crippen molar-refractivity contribution < 1.29 is 0 Å². The molecule has 4 N–H and O–H groups in total. The highest BCUT2D eigenvalue weighted by Gasteiger charge is 1.88. The van der Waals surface area contributed by atoms with Crippen LogP contribution in [0.15, 0.2) is 22.3 Å². The number of hydrogen-bond acceptors (Lipinski definition) is 2. The average Bonchev–Trinajstić information content (AvgIpc) is 2.95. The van der Waals surface area contributed by atoms with Gasteiger partial charge in [-0.1, -0.05) is 62.0 Å². The Balaban J connectivity index is -0.0000000528. The van der Waals surface area contributed by atoms with E-state index in [0.29, 0.717) is 0 Å². The molecule has 0 aromatic heterocycles. The van der Waals surface area contributed by atoms with Crippen molar-refractivity contribution in [3.8, 4) is 0 Å². The molecule has 0 saturated heterocycles. The van der Waals surface area contributed by atoms with Gasteiger partial charge in [-0.25, -0.2) is 0 Å². The van der Waals surface area contributed by atoms with Gasteiger partial charge in [-0.15, -0.1) is 0 Å². The second kappa shape index (κ2) is 36.1. The van der Waals surface area contributed by atoms with Gasteiger partial charge in [-0.05, 0) is 13.3 Å². The summed E-state index contributed by atoms with van der Waals surface area (Å²) in [6, 6.07) is 0. The molecule has 124 valence electrons. The van der Waals surface area contributed by atoms with Gasteiger partial charge in [0, 0.05) is 24.9 Å². The Labute approximate surface area is 128 Å². The van der Waals surface area contributed by atoms with E-state index in [1.165, 1.54) is 5.71 Å². The van der Waals surface area contributed by atoms with Crippen LogP contribution in [-0.4, -0.2) is 18.2 Å². The summed E-state index contributed by atoms with van der Waals surface area (Å²) in [7, 11) is 0. The smallest absolute Gasteiger partial charge is 0.185 e. The monoisotopic (exact) mass is 288 g/mol. The first-order valence-corrected chi connectivity index (χ1v) is 7.40. The minimum Gasteiger partial charge on any atom is -0.370 e. The summed E-state index contributed by atoms with van der Waals surface area (Å²) in [4.78, 5) is 7.69. The predicted octanol–water partition coefficient (Wildman–Crippen LogP) is 4.75. The summed E-state index contributed by atoms with van der Waals surface area (Å²) in [6.45, 7) is 16.8. The van der Waals surface area contributed by atoms with Gasteiger partial charge >= 0.3 is 0 Å². The number of nitrogens with two attached hydrogens (primary N) is 2. The van der Waals surface area contributed by atoms with E-state index in [2.05, 4.69) is 16.1 Å². The SMILES string of the molecule is C.CC.CC.CC.CC1=NC=CC1.CCCN=C(N)N. The van der Waals surface area contributed by atoms with Crippen molar-refractivity contribution in [1.82, 2.24) is 0 Å². The third-order valence-electron chi connectivity index (χ3n) is 1.33. The van der Waals surface area contributed by atoms with Crippen LogP contribution < -0.4 is 11.5 Å². The standard InChI is InChI=1S/C5H7N.C4H11N3.3C2H6.CH4/c1-5-3-2-4-6-5;1-2-3-7-4(5)6;3*1-2;/h2,4H,3H2,1H3;2-3H2,1H3,(H4,5,6,7);3*1-2H3;1H4. The molecule has 0 unspecified atom stereocenters. The summed E-state index contributed by atoms with van der Waals surface area (Å²) in [5.74, 6) is 0.182. The van der Waals surface area contributed by atoms with Gasteiger partial charge in [0.25, 0.3) is 0 Å². The lowest BCUT2D eigenvalue weighted by Gasteiger charge is -1.86. The van der Waals surface area contributed by atoms with E-state index in [9.17, 15) is 0 Å². The molecule has 0 amide bonds. The molecule has 1 aliphatic heterocycles. The molecule has 1 aliphatic rings. The largest absolute Gasteiger partial charge is 0.370 e. The summed E-state index contributed by atoms with van der Waals surface area (Å²) in [6.07, 6.45) is 5.95. The number of hydrogen-bond donors (Lipinski definition) is 2. The van der Waals surface area contributed by atoms with Crippen LogP contribution in [0.1, 0.15) is 75.7 Å². The van der Waals surface area contributed by atoms with Crippen LogP contribution in [0.25, 0.3) is 0 Å². The molecule has 1 rings (SSSR count). The highest BCUT2D eigenvalue weighted by Crippen LogP contribution is 1.96. The van der Waals surface area contributed by atoms with Crippen molar-refractivity contribution in [2.75, 3.05) is 6.54 Å². The molecular formula is C16H40N4. The molecule has 4 nitrogen and oxygen atoms in total. The van der Waals surface area contributed by atoms with Crippen LogP contribution >= 0.6 is 0 Å². The topological polar surface area (TPSA) is 76.8 Å². The zero-order valence-electron chi connectivity index (χ0n) is 14.3. The van der Waals surface area contributed by atoms with Gasteiger partial charge in [0.05, 0.1) is 0 Å². The summed E-state index contributed by atoms with van der Waals surface area (Å²) in [5, 5.41) is 0. The average molecular weight is 289 g/mol. The molecule has 20 heavy (non-hydrogen) atoms. The van der Waals surface area contributed by atoms with Crippen molar-refractivity contribution in [2.24, 2.45) is 21.5 Å². The summed E-state index contributed by atoms with van der Waals surface area (Å²) < 4.78 is 0. The maximum atomic E-state index is 5.01. The third-order valence-corrected chi connectivity index (χ3v) is 1.33. The number of aliphatic imine (C=N–C) groups is 2. The van der Waals surface area contributed by atoms with Crippen LogP contribution in [0, 0.1) is 0 Å². The Kier molecular flexibility index (Phi) is 56.3. The van der Waals surface area contributed by atoms with Crippen molar-refractivity contribution >= 4 is 11.7 Å². The molecule has 4 heteroatoms. The Bertz CT molecular complexity index is 215. The lowest BCUT2D eigenvalue weighted by molar-refractivity contribution is 0.927. The Hall–Kier alpha value is -1.32. The maximum absolute atomic E-state index is 5.01. The van der Waals surface area contributed by atoms with Crippen molar-refractivity contribution in [3.05, 3.63) is 12.3 Å². The van der Waals surface area contributed by atoms with Crippen LogP contribution in [0.5, 0.6) is 0 Å².